The Morgan fingerprint density at radius 3 is 2.35 bits per heavy atom. The minimum atomic E-state index is -1.10. The first-order chi connectivity index (χ1) is 11.0. The zero-order chi connectivity index (χ0) is 17.1. The van der Waals surface area contributed by atoms with Crippen molar-refractivity contribution in [3.8, 4) is 5.75 Å². The maximum atomic E-state index is 11.4. The Labute approximate surface area is 135 Å². The number of carbonyl (C=O) groups is 2. The maximum absolute atomic E-state index is 11.4. The minimum Gasteiger partial charge on any atom is -0.550 e. The van der Waals surface area contributed by atoms with Gasteiger partial charge in [0.2, 0.25) is 0 Å². The summed E-state index contributed by atoms with van der Waals surface area (Å²) in [6, 6.07) is 6.53. The van der Waals surface area contributed by atoms with Gasteiger partial charge in [0, 0.05) is 13.1 Å². The number of hydrogen-bond donors (Lipinski definition) is 0. The Bertz CT molecular complexity index is 484. The second kappa shape index (κ2) is 10.6. The number of ether oxygens (including phenoxy) is 4. The summed E-state index contributed by atoms with van der Waals surface area (Å²) in [5, 5.41) is 10.7. The molecule has 1 rings (SSSR count). The maximum Gasteiger partial charge on any atom is 0.513 e. The fraction of sp³-hybridized carbons (Fsp3) is 0.500. The third-order valence-electron chi connectivity index (χ3n) is 2.95. The minimum absolute atomic E-state index is 0.0871. The molecule has 0 aliphatic carbocycles. The van der Waals surface area contributed by atoms with Crippen molar-refractivity contribution in [3.63, 3.8) is 0 Å². The van der Waals surface area contributed by atoms with Crippen LogP contribution in [0.15, 0.2) is 24.3 Å². The van der Waals surface area contributed by atoms with Gasteiger partial charge in [-0.25, -0.2) is 4.79 Å². The van der Waals surface area contributed by atoms with Crippen LogP contribution in [-0.4, -0.2) is 45.7 Å². The molecule has 0 unspecified atom stereocenters. The molecule has 0 aliphatic rings. The van der Waals surface area contributed by atoms with Crippen molar-refractivity contribution in [1.82, 2.24) is 0 Å². The molecule has 0 spiro atoms. The van der Waals surface area contributed by atoms with Gasteiger partial charge in [-0.3, -0.25) is 0 Å². The summed E-state index contributed by atoms with van der Waals surface area (Å²) >= 11 is 0. The van der Waals surface area contributed by atoms with E-state index in [1.165, 1.54) is 0 Å². The second-order valence-corrected chi connectivity index (χ2v) is 4.87. The number of carboxylic acid groups (broad SMARTS) is 1. The summed E-state index contributed by atoms with van der Waals surface area (Å²) in [7, 11) is 1.57. The predicted octanol–water partition coefficient (Wildman–Crippen LogP) is 0.794. The highest BCUT2D eigenvalue weighted by atomic mass is 16.7. The summed E-state index contributed by atoms with van der Waals surface area (Å²) in [5.74, 6) is -1.35. The van der Waals surface area contributed by atoms with E-state index in [-0.39, 0.29) is 13.2 Å². The Morgan fingerprint density at radius 1 is 1.09 bits per heavy atom. The lowest BCUT2D eigenvalue weighted by Crippen LogP contribution is -2.30. The molecule has 128 valence electrons. The molecule has 0 N–H and O–H groups in total. The number of aliphatic carboxylic acids is 1. The molecule has 0 bridgehead atoms. The third kappa shape index (κ3) is 8.18. The molecule has 0 aromatic heterocycles. The van der Waals surface area contributed by atoms with Crippen molar-refractivity contribution in [3.05, 3.63) is 29.8 Å². The topological polar surface area (TPSA) is 94.1 Å². The van der Waals surface area contributed by atoms with Crippen LogP contribution in [0.25, 0.3) is 0 Å². The van der Waals surface area contributed by atoms with Crippen molar-refractivity contribution in [2.24, 2.45) is 5.92 Å². The van der Waals surface area contributed by atoms with E-state index in [4.69, 9.17) is 18.9 Å². The molecular formula is C16H21O7-. The van der Waals surface area contributed by atoms with Crippen LogP contribution >= 0.6 is 0 Å². The smallest absolute Gasteiger partial charge is 0.513 e. The number of benzene rings is 1. The van der Waals surface area contributed by atoms with Crippen LogP contribution in [0.3, 0.4) is 0 Å². The summed E-state index contributed by atoms with van der Waals surface area (Å²) in [5.41, 5.74) is 0.814. The Balaban J connectivity index is 2.28. The predicted molar refractivity (Wildman–Crippen MR) is 79.0 cm³/mol. The first kappa shape index (κ1) is 18.9. The van der Waals surface area contributed by atoms with Crippen LogP contribution in [0.1, 0.15) is 12.5 Å². The van der Waals surface area contributed by atoms with Crippen LogP contribution in [0.4, 0.5) is 4.79 Å². The lowest BCUT2D eigenvalue weighted by Gasteiger charge is -2.12. The largest absolute Gasteiger partial charge is 0.550 e. The van der Waals surface area contributed by atoms with Crippen LogP contribution in [0.2, 0.25) is 0 Å². The molecule has 1 atom stereocenters. The standard InChI is InChI=1S/C16H22O7/c1-12(15(17)18)11-13-3-5-14(6-4-13)23-16(19)22-10-9-21-8-7-20-2/h3-6,12H,7-11H2,1-2H3,(H,17,18)/p-1/t12-/m0/s1. The number of carboxylic acids is 1. The first-order valence-electron chi connectivity index (χ1n) is 7.24. The van der Waals surface area contributed by atoms with Crippen LogP contribution in [0, 0.1) is 5.92 Å². The average molecular weight is 325 g/mol. The summed E-state index contributed by atoms with van der Waals surface area (Å²) < 4.78 is 19.8. The van der Waals surface area contributed by atoms with E-state index in [1.54, 1.807) is 38.3 Å². The number of hydrogen-bond acceptors (Lipinski definition) is 7. The Morgan fingerprint density at radius 2 is 1.74 bits per heavy atom. The Hall–Kier alpha value is -2.12. The first-order valence-corrected chi connectivity index (χ1v) is 7.24. The van der Waals surface area contributed by atoms with Gasteiger partial charge in [-0.2, -0.15) is 0 Å². The molecule has 23 heavy (non-hydrogen) atoms. The van der Waals surface area contributed by atoms with Gasteiger partial charge in [0.25, 0.3) is 0 Å². The van der Waals surface area contributed by atoms with Gasteiger partial charge in [-0.05, 0) is 30.0 Å². The van der Waals surface area contributed by atoms with Crippen molar-refractivity contribution in [2.75, 3.05) is 33.5 Å². The highest BCUT2D eigenvalue weighted by molar-refractivity contribution is 5.67. The monoisotopic (exact) mass is 325 g/mol. The average Bonchev–Trinajstić information content (AvgIpc) is 2.52. The summed E-state index contributed by atoms with van der Waals surface area (Å²) in [6.45, 7) is 2.84. The van der Waals surface area contributed by atoms with E-state index in [0.29, 0.717) is 25.4 Å². The Kier molecular flexibility index (Phi) is 8.71. The molecule has 0 heterocycles. The number of methoxy groups -OCH3 is 1. The van der Waals surface area contributed by atoms with Crippen LogP contribution in [0.5, 0.6) is 5.75 Å². The number of rotatable bonds is 10. The van der Waals surface area contributed by atoms with Crippen molar-refractivity contribution < 1.29 is 33.6 Å². The second-order valence-electron chi connectivity index (χ2n) is 4.87. The molecule has 0 saturated carbocycles. The van der Waals surface area contributed by atoms with E-state index in [9.17, 15) is 14.7 Å². The summed E-state index contributed by atoms with van der Waals surface area (Å²) in [6.07, 6.45) is -0.470. The molecule has 0 amide bonds. The fourth-order valence-electron chi connectivity index (χ4n) is 1.68. The van der Waals surface area contributed by atoms with Crippen LogP contribution in [-0.2, 0) is 25.4 Å². The highest BCUT2D eigenvalue weighted by Crippen LogP contribution is 2.15. The lowest BCUT2D eigenvalue weighted by molar-refractivity contribution is -0.310. The zero-order valence-electron chi connectivity index (χ0n) is 13.3. The number of carbonyl (C=O) groups excluding carboxylic acids is 2. The zero-order valence-corrected chi connectivity index (χ0v) is 13.3. The molecule has 0 aliphatic heterocycles. The molecule has 7 heteroatoms. The van der Waals surface area contributed by atoms with Crippen molar-refractivity contribution >= 4 is 12.1 Å². The molecule has 0 saturated heterocycles. The summed E-state index contributed by atoms with van der Waals surface area (Å²) in [4.78, 5) is 22.1. The van der Waals surface area contributed by atoms with E-state index in [1.807, 2.05) is 0 Å². The van der Waals surface area contributed by atoms with Crippen molar-refractivity contribution in [2.45, 2.75) is 13.3 Å². The SMILES string of the molecule is COCCOCCOC(=O)Oc1ccc(C[C@H](C)C(=O)[O-])cc1. The lowest BCUT2D eigenvalue weighted by atomic mass is 10.0. The molecular weight excluding hydrogens is 304 g/mol. The van der Waals surface area contributed by atoms with Gasteiger partial charge in [0.15, 0.2) is 0 Å². The van der Waals surface area contributed by atoms with Crippen LogP contribution < -0.4 is 9.84 Å². The quantitative estimate of drug-likeness (QED) is 0.357. The highest BCUT2D eigenvalue weighted by Gasteiger charge is 2.08. The van der Waals surface area contributed by atoms with E-state index in [0.717, 1.165) is 5.56 Å². The van der Waals surface area contributed by atoms with E-state index < -0.39 is 18.0 Å². The van der Waals surface area contributed by atoms with Gasteiger partial charge in [0.05, 0.1) is 19.8 Å². The molecule has 0 fully saturated rings. The van der Waals surface area contributed by atoms with Gasteiger partial charge >= 0.3 is 6.16 Å². The molecule has 0 radical (unpaired) electrons. The normalized spacial score (nSPS) is 11.7. The van der Waals surface area contributed by atoms with Gasteiger partial charge < -0.3 is 28.8 Å². The fourth-order valence-corrected chi connectivity index (χ4v) is 1.68. The molecule has 1 aromatic rings. The van der Waals surface area contributed by atoms with Gasteiger partial charge in [-0.15, -0.1) is 0 Å². The molecule has 1 aromatic carbocycles. The third-order valence-corrected chi connectivity index (χ3v) is 2.95. The van der Waals surface area contributed by atoms with E-state index >= 15 is 0 Å². The van der Waals surface area contributed by atoms with E-state index in [2.05, 4.69) is 0 Å². The van der Waals surface area contributed by atoms with Gasteiger partial charge in [-0.1, -0.05) is 19.1 Å². The molecule has 7 nitrogen and oxygen atoms in total. The van der Waals surface area contributed by atoms with Gasteiger partial charge in [0.1, 0.15) is 12.4 Å². The van der Waals surface area contributed by atoms with Crippen molar-refractivity contribution in [1.29, 1.82) is 0 Å².